The lowest BCUT2D eigenvalue weighted by Gasteiger charge is -2.10. The van der Waals surface area contributed by atoms with Crippen LogP contribution >= 0.6 is 0 Å². The summed E-state index contributed by atoms with van der Waals surface area (Å²) in [5, 5.41) is 1.95. The highest BCUT2D eigenvalue weighted by molar-refractivity contribution is 6.02. The molecule has 1 aromatic carbocycles. The van der Waals surface area contributed by atoms with Crippen LogP contribution in [0.5, 0.6) is 0 Å². The summed E-state index contributed by atoms with van der Waals surface area (Å²) in [5.74, 6) is -0.920. The second-order valence-corrected chi connectivity index (χ2v) is 4.98. The topological polar surface area (TPSA) is 99.4 Å². The van der Waals surface area contributed by atoms with Gasteiger partial charge in [0.15, 0.2) is 0 Å². The number of alkyl carbamates (subject to hydrolysis) is 1. The van der Waals surface area contributed by atoms with Crippen LogP contribution in [0.25, 0.3) is 0 Å². The number of ether oxygens (including phenoxy) is 1. The molecule has 1 N–H and O–H groups in total. The fraction of sp³-hybridized carbons (Fsp3) is 0.250. The van der Waals surface area contributed by atoms with Crippen molar-refractivity contribution in [2.24, 2.45) is 7.05 Å². The molecule has 2 amide bonds. The van der Waals surface area contributed by atoms with E-state index < -0.39 is 23.2 Å². The number of rotatable bonds is 4. The van der Waals surface area contributed by atoms with Crippen molar-refractivity contribution in [1.29, 1.82) is 0 Å². The van der Waals surface area contributed by atoms with Crippen LogP contribution in [0.15, 0.2) is 46.1 Å². The Kier molecular flexibility index (Phi) is 5.31. The van der Waals surface area contributed by atoms with Crippen molar-refractivity contribution in [2.45, 2.75) is 13.5 Å². The van der Waals surface area contributed by atoms with Crippen molar-refractivity contribution in [3.05, 3.63) is 68.5 Å². The number of aromatic nitrogens is 2. The van der Waals surface area contributed by atoms with Gasteiger partial charge in [0.05, 0.1) is 13.2 Å². The van der Waals surface area contributed by atoms with E-state index in [9.17, 15) is 19.2 Å². The Bertz CT molecular complexity index is 868. The van der Waals surface area contributed by atoms with Gasteiger partial charge >= 0.3 is 11.8 Å². The number of carbonyl (C=O) groups is 2. The number of hydrogen-bond acceptors (Lipinski definition) is 5. The number of hydrogen-bond donors (Lipinski definition) is 1. The van der Waals surface area contributed by atoms with E-state index >= 15 is 0 Å². The van der Waals surface area contributed by atoms with Crippen LogP contribution < -0.4 is 16.6 Å². The summed E-state index contributed by atoms with van der Waals surface area (Å²) in [7, 11) is 1.27. The molecule has 2 rings (SSSR count). The highest BCUT2D eigenvalue weighted by Crippen LogP contribution is 2.01. The van der Waals surface area contributed by atoms with Crippen LogP contribution in [0.3, 0.4) is 0 Å². The van der Waals surface area contributed by atoms with Crippen molar-refractivity contribution < 1.29 is 14.3 Å². The van der Waals surface area contributed by atoms with E-state index in [1.54, 1.807) is 6.92 Å². The third-order valence-electron chi connectivity index (χ3n) is 3.28. The van der Waals surface area contributed by atoms with Crippen molar-refractivity contribution in [3.8, 4) is 0 Å². The number of amides is 2. The summed E-state index contributed by atoms with van der Waals surface area (Å²) in [6, 6.07) is 9.10. The third-order valence-corrected chi connectivity index (χ3v) is 3.28. The van der Waals surface area contributed by atoms with Crippen LogP contribution in [0.2, 0.25) is 0 Å². The maximum absolute atomic E-state index is 12.2. The molecule has 2 aromatic rings. The second-order valence-electron chi connectivity index (χ2n) is 4.98. The lowest BCUT2D eigenvalue weighted by Crippen LogP contribution is -2.43. The monoisotopic (exact) mass is 331 g/mol. The van der Waals surface area contributed by atoms with Gasteiger partial charge in [-0.1, -0.05) is 30.3 Å². The van der Waals surface area contributed by atoms with Gasteiger partial charge in [-0.15, -0.1) is 0 Å². The van der Waals surface area contributed by atoms with Crippen molar-refractivity contribution in [2.75, 3.05) is 6.61 Å². The zero-order valence-corrected chi connectivity index (χ0v) is 13.3. The molecule has 8 heteroatoms. The summed E-state index contributed by atoms with van der Waals surface area (Å²) in [6.45, 7) is 1.86. The summed E-state index contributed by atoms with van der Waals surface area (Å²) in [4.78, 5) is 47.7. The second kappa shape index (κ2) is 7.40. The highest BCUT2D eigenvalue weighted by Gasteiger charge is 2.18. The molecular weight excluding hydrogens is 314 g/mol. The molecule has 1 heterocycles. The zero-order chi connectivity index (χ0) is 17.7. The Labute approximate surface area is 137 Å². The van der Waals surface area contributed by atoms with Crippen LogP contribution in [0.1, 0.15) is 22.8 Å². The fourth-order valence-corrected chi connectivity index (χ4v) is 2.10. The first-order valence-electron chi connectivity index (χ1n) is 7.26. The number of nitrogens with one attached hydrogen (secondary N) is 1. The molecule has 126 valence electrons. The van der Waals surface area contributed by atoms with E-state index in [1.807, 2.05) is 35.6 Å². The molecule has 0 spiro atoms. The summed E-state index contributed by atoms with van der Waals surface area (Å²) >= 11 is 0. The molecule has 0 saturated carbocycles. The first-order valence-corrected chi connectivity index (χ1v) is 7.26. The van der Waals surface area contributed by atoms with Gasteiger partial charge < -0.3 is 4.74 Å². The van der Waals surface area contributed by atoms with Gasteiger partial charge in [-0.05, 0) is 12.5 Å². The Morgan fingerprint density at radius 2 is 1.83 bits per heavy atom. The standard InChI is InChI=1S/C16H17N3O5/c1-3-24-15(22)17-13(20)12-10-19(16(23)18(2)14(12)21)9-11-7-5-4-6-8-11/h4-8,10H,3,9H2,1-2H3,(H,17,20,22). The quantitative estimate of drug-likeness (QED) is 0.878. The van der Waals surface area contributed by atoms with Crippen LogP contribution in [-0.4, -0.2) is 27.7 Å². The first-order chi connectivity index (χ1) is 11.4. The Hall–Kier alpha value is -3.16. The zero-order valence-electron chi connectivity index (χ0n) is 13.3. The van der Waals surface area contributed by atoms with E-state index in [0.717, 1.165) is 16.3 Å². The van der Waals surface area contributed by atoms with Crippen molar-refractivity contribution in [1.82, 2.24) is 14.5 Å². The average Bonchev–Trinajstić information content (AvgIpc) is 2.56. The van der Waals surface area contributed by atoms with Gasteiger partial charge in [0.2, 0.25) is 0 Å². The minimum atomic E-state index is -0.953. The molecule has 0 aliphatic rings. The molecule has 0 bridgehead atoms. The predicted octanol–water partition coefficient (Wildman–Crippen LogP) is 0.482. The molecule has 0 unspecified atom stereocenters. The van der Waals surface area contributed by atoms with Gasteiger partial charge in [-0.25, -0.2) is 9.59 Å². The molecular formula is C16H17N3O5. The Morgan fingerprint density at radius 1 is 1.17 bits per heavy atom. The van der Waals surface area contributed by atoms with E-state index in [2.05, 4.69) is 4.74 Å². The van der Waals surface area contributed by atoms with Crippen molar-refractivity contribution >= 4 is 12.0 Å². The molecule has 0 fully saturated rings. The molecule has 24 heavy (non-hydrogen) atoms. The number of nitrogens with zero attached hydrogens (tertiary/aromatic N) is 2. The maximum Gasteiger partial charge on any atom is 0.414 e. The normalized spacial score (nSPS) is 10.2. The van der Waals surface area contributed by atoms with Gasteiger partial charge in [-0.2, -0.15) is 0 Å². The lowest BCUT2D eigenvalue weighted by molar-refractivity contribution is 0.0922. The molecule has 0 aliphatic carbocycles. The summed E-state index contributed by atoms with van der Waals surface area (Å²) in [6.07, 6.45) is 0.192. The fourth-order valence-electron chi connectivity index (χ4n) is 2.10. The van der Waals surface area contributed by atoms with Crippen LogP contribution in [0.4, 0.5) is 4.79 Å². The van der Waals surface area contributed by atoms with Crippen molar-refractivity contribution in [3.63, 3.8) is 0 Å². The van der Waals surface area contributed by atoms with E-state index in [1.165, 1.54) is 11.6 Å². The lowest BCUT2D eigenvalue weighted by atomic mass is 10.2. The minimum Gasteiger partial charge on any atom is -0.450 e. The largest absolute Gasteiger partial charge is 0.450 e. The average molecular weight is 331 g/mol. The number of benzene rings is 1. The number of imide groups is 1. The molecule has 0 radical (unpaired) electrons. The highest BCUT2D eigenvalue weighted by atomic mass is 16.5. The van der Waals surface area contributed by atoms with E-state index in [0.29, 0.717) is 0 Å². The summed E-state index contributed by atoms with van der Waals surface area (Å²) in [5.41, 5.74) is -0.835. The van der Waals surface area contributed by atoms with E-state index in [4.69, 9.17) is 0 Å². The molecule has 0 saturated heterocycles. The Balaban J connectivity index is 2.39. The molecule has 1 aromatic heterocycles. The first kappa shape index (κ1) is 17.2. The Morgan fingerprint density at radius 3 is 2.46 bits per heavy atom. The molecule has 0 aliphatic heterocycles. The molecule has 0 atom stereocenters. The van der Waals surface area contributed by atoms with Gasteiger partial charge in [-0.3, -0.25) is 24.0 Å². The van der Waals surface area contributed by atoms with E-state index in [-0.39, 0.29) is 18.7 Å². The van der Waals surface area contributed by atoms with Crippen LogP contribution in [-0.2, 0) is 18.3 Å². The predicted molar refractivity (Wildman–Crippen MR) is 86.0 cm³/mol. The minimum absolute atomic E-state index is 0.0879. The van der Waals surface area contributed by atoms with Crippen LogP contribution in [0, 0.1) is 0 Å². The number of carbonyl (C=O) groups excluding carboxylic acids is 2. The third kappa shape index (κ3) is 3.78. The molecule has 8 nitrogen and oxygen atoms in total. The summed E-state index contributed by atoms with van der Waals surface area (Å²) < 4.78 is 6.66. The maximum atomic E-state index is 12.2. The van der Waals surface area contributed by atoms with Gasteiger partial charge in [0, 0.05) is 13.2 Å². The smallest absolute Gasteiger partial charge is 0.414 e. The SMILES string of the molecule is CCOC(=O)NC(=O)c1cn(Cc2ccccc2)c(=O)n(C)c1=O. The van der Waals surface area contributed by atoms with Gasteiger partial charge in [0.1, 0.15) is 5.56 Å². The van der Waals surface area contributed by atoms with Gasteiger partial charge in [0.25, 0.3) is 11.5 Å².